The second-order valence-electron chi connectivity index (χ2n) is 6.00. The summed E-state index contributed by atoms with van der Waals surface area (Å²) < 4.78 is 5.33. The lowest BCUT2D eigenvalue weighted by atomic mass is 9.95. The number of rotatable bonds is 5. The minimum atomic E-state index is 0.246. The molecule has 1 aromatic rings. The van der Waals surface area contributed by atoms with Crippen molar-refractivity contribution in [3.63, 3.8) is 0 Å². The maximum Gasteiger partial charge on any atom is 0.240 e. The van der Waals surface area contributed by atoms with Gasteiger partial charge in [0.1, 0.15) is 5.78 Å². The molecule has 1 aliphatic carbocycles. The third kappa shape index (κ3) is 2.77. The molecule has 0 bridgehead atoms. The molecule has 2 fully saturated rings. The van der Waals surface area contributed by atoms with Crippen LogP contribution in [0.1, 0.15) is 57.2 Å². The number of aromatic nitrogens is 2. The Labute approximate surface area is 119 Å². The quantitative estimate of drug-likeness (QED) is 0.827. The number of hydrogen-bond acceptors (Lipinski definition) is 5. The van der Waals surface area contributed by atoms with Crippen LogP contribution in [0, 0.1) is 5.92 Å². The van der Waals surface area contributed by atoms with Crippen LogP contribution in [-0.4, -0.2) is 33.4 Å². The van der Waals surface area contributed by atoms with Crippen molar-refractivity contribution in [1.29, 1.82) is 0 Å². The number of hydrogen-bond donors (Lipinski definition) is 0. The molecule has 3 rings (SSSR count). The first-order chi connectivity index (χ1) is 9.78. The monoisotopic (exact) mass is 277 g/mol. The lowest BCUT2D eigenvalue weighted by Gasteiger charge is -2.27. The van der Waals surface area contributed by atoms with Crippen LogP contribution in [0.3, 0.4) is 0 Å². The van der Waals surface area contributed by atoms with Crippen molar-refractivity contribution < 1.29 is 9.32 Å². The SMILES string of the molecule is CCCc1noc(CN2CCCC2C2CCCC2=O)n1. The zero-order valence-corrected chi connectivity index (χ0v) is 12.2. The lowest BCUT2D eigenvalue weighted by Crippen LogP contribution is -2.37. The van der Waals surface area contributed by atoms with Crippen LogP contribution in [0.5, 0.6) is 0 Å². The van der Waals surface area contributed by atoms with Crippen molar-refractivity contribution in [3.8, 4) is 0 Å². The van der Waals surface area contributed by atoms with Crippen LogP contribution in [-0.2, 0) is 17.8 Å². The van der Waals surface area contributed by atoms with Gasteiger partial charge in [-0.15, -0.1) is 0 Å². The molecule has 1 saturated carbocycles. The molecule has 0 N–H and O–H groups in total. The molecular formula is C15H23N3O2. The Bertz CT molecular complexity index is 471. The highest BCUT2D eigenvalue weighted by molar-refractivity contribution is 5.83. The molecular weight excluding hydrogens is 254 g/mol. The van der Waals surface area contributed by atoms with Gasteiger partial charge in [0.2, 0.25) is 5.89 Å². The third-order valence-electron chi connectivity index (χ3n) is 4.55. The third-order valence-corrected chi connectivity index (χ3v) is 4.55. The molecule has 1 aliphatic heterocycles. The summed E-state index contributed by atoms with van der Waals surface area (Å²) in [6.45, 7) is 3.85. The van der Waals surface area contributed by atoms with Crippen molar-refractivity contribution in [2.45, 2.75) is 64.5 Å². The van der Waals surface area contributed by atoms with Gasteiger partial charge in [0.05, 0.1) is 6.54 Å². The maximum absolute atomic E-state index is 12.0. The Hall–Kier alpha value is -1.23. The molecule has 2 unspecified atom stereocenters. The van der Waals surface area contributed by atoms with E-state index in [1.165, 1.54) is 6.42 Å². The molecule has 2 atom stereocenters. The molecule has 2 heterocycles. The van der Waals surface area contributed by atoms with Crippen LogP contribution in [0.4, 0.5) is 0 Å². The molecule has 5 heteroatoms. The van der Waals surface area contributed by atoms with Gasteiger partial charge in [0.15, 0.2) is 5.82 Å². The first-order valence-electron chi connectivity index (χ1n) is 7.86. The summed E-state index contributed by atoms with van der Waals surface area (Å²) in [7, 11) is 0. The largest absolute Gasteiger partial charge is 0.338 e. The average Bonchev–Trinajstić information content (AvgIpc) is 3.13. The van der Waals surface area contributed by atoms with Crippen LogP contribution in [0.2, 0.25) is 0 Å². The van der Waals surface area contributed by atoms with Crippen molar-refractivity contribution in [3.05, 3.63) is 11.7 Å². The number of ketones is 1. The predicted molar refractivity (Wildman–Crippen MR) is 74.1 cm³/mol. The van der Waals surface area contributed by atoms with E-state index in [9.17, 15) is 4.79 Å². The van der Waals surface area contributed by atoms with Gasteiger partial charge in [-0.2, -0.15) is 4.98 Å². The predicted octanol–water partition coefficient (Wildman–Crippen LogP) is 2.36. The van der Waals surface area contributed by atoms with Crippen LogP contribution in [0.15, 0.2) is 4.52 Å². The Morgan fingerprint density at radius 2 is 2.25 bits per heavy atom. The van der Waals surface area contributed by atoms with Crippen molar-refractivity contribution in [2.75, 3.05) is 6.54 Å². The molecule has 0 radical (unpaired) electrons. The topological polar surface area (TPSA) is 59.2 Å². The number of Topliss-reactive ketones (excluding diaryl/α,β-unsaturated/α-hetero) is 1. The number of carbonyl (C=O) groups is 1. The van der Waals surface area contributed by atoms with E-state index in [1.54, 1.807) is 0 Å². The molecule has 1 aromatic heterocycles. The summed E-state index contributed by atoms with van der Waals surface area (Å²) in [5.74, 6) is 2.20. The normalized spacial score (nSPS) is 27.6. The van der Waals surface area contributed by atoms with Crippen molar-refractivity contribution in [1.82, 2.24) is 15.0 Å². The van der Waals surface area contributed by atoms with E-state index in [0.29, 0.717) is 24.3 Å². The Balaban J connectivity index is 1.64. The van der Waals surface area contributed by atoms with Crippen LogP contribution in [0.25, 0.3) is 0 Å². The molecule has 2 aliphatic rings. The minimum absolute atomic E-state index is 0.246. The van der Waals surface area contributed by atoms with E-state index in [1.807, 2.05) is 0 Å². The zero-order chi connectivity index (χ0) is 13.9. The molecule has 0 amide bonds. The summed E-state index contributed by atoms with van der Waals surface area (Å²) in [5.41, 5.74) is 0. The highest BCUT2D eigenvalue weighted by Crippen LogP contribution is 2.33. The summed E-state index contributed by atoms with van der Waals surface area (Å²) in [4.78, 5) is 18.8. The fraction of sp³-hybridized carbons (Fsp3) is 0.800. The highest BCUT2D eigenvalue weighted by Gasteiger charge is 2.38. The van der Waals surface area contributed by atoms with E-state index >= 15 is 0 Å². The van der Waals surface area contributed by atoms with Crippen LogP contribution < -0.4 is 0 Å². The second kappa shape index (κ2) is 6.04. The number of carbonyl (C=O) groups excluding carboxylic acids is 1. The van der Waals surface area contributed by atoms with Gasteiger partial charge in [-0.1, -0.05) is 12.1 Å². The summed E-state index contributed by atoms with van der Waals surface area (Å²) >= 11 is 0. The Morgan fingerprint density at radius 3 is 3.00 bits per heavy atom. The molecule has 0 aromatic carbocycles. The number of aryl methyl sites for hydroxylation is 1. The van der Waals surface area contributed by atoms with Crippen molar-refractivity contribution >= 4 is 5.78 Å². The first-order valence-corrected chi connectivity index (χ1v) is 7.86. The standard InChI is InChI=1S/C15H23N3O2/c1-2-5-14-16-15(20-17-14)10-18-9-4-7-12(18)11-6-3-8-13(11)19/h11-12H,2-10H2,1H3. The van der Waals surface area contributed by atoms with Crippen LogP contribution >= 0.6 is 0 Å². The van der Waals surface area contributed by atoms with E-state index in [4.69, 9.17) is 4.52 Å². The lowest BCUT2D eigenvalue weighted by molar-refractivity contribution is -0.122. The Morgan fingerprint density at radius 1 is 1.35 bits per heavy atom. The smallest absolute Gasteiger partial charge is 0.240 e. The number of nitrogens with zero attached hydrogens (tertiary/aromatic N) is 3. The number of likely N-dealkylation sites (tertiary alicyclic amines) is 1. The molecule has 0 spiro atoms. The van der Waals surface area contributed by atoms with Gasteiger partial charge < -0.3 is 4.52 Å². The second-order valence-corrected chi connectivity index (χ2v) is 6.00. The van der Waals surface area contributed by atoms with E-state index in [-0.39, 0.29) is 5.92 Å². The molecule has 110 valence electrons. The zero-order valence-electron chi connectivity index (χ0n) is 12.2. The van der Waals surface area contributed by atoms with Gasteiger partial charge in [0, 0.05) is 24.8 Å². The highest BCUT2D eigenvalue weighted by atomic mass is 16.5. The first kappa shape index (κ1) is 13.7. The van der Waals surface area contributed by atoms with Gasteiger partial charge in [-0.3, -0.25) is 9.69 Å². The van der Waals surface area contributed by atoms with Gasteiger partial charge in [-0.05, 0) is 38.6 Å². The maximum atomic E-state index is 12.0. The van der Waals surface area contributed by atoms with Gasteiger partial charge >= 0.3 is 0 Å². The van der Waals surface area contributed by atoms with Gasteiger partial charge in [-0.25, -0.2) is 0 Å². The fourth-order valence-corrected chi connectivity index (χ4v) is 3.61. The summed E-state index contributed by atoms with van der Waals surface area (Å²) in [6.07, 6.45) is 7.10. The average molecular weight is 277 g/mol. The molecule has 1 saturated heterocycles. The van der Waals surface area contributed by atoms with Crippen molar-refractivity contribution in [2.24, 2.45) is 5.92 Å². The Kier molecular flexibility index (Phi) is 4.15. The summed E-state index contributed by atoms with van der Waals surface area (Å²) in [6, 6.07) is 0.395. The fourth-order valence-electron chi connectivity index (χ4n) is 3.61. The molecule has 20 heavy (non-hydrogen) atoms. The minimum Gasteiger partial charge on any atom is -0.338 e. The van der Waals surface area contributed by atoms with Gasteiger partial charge in [0.25, 0.3) is 0 Å². The summed E-state index contributed by atoms with van der Waals surface area (Å²) in [5, 5.41) is 4.01. The van der Waals surface area contributed by atoms with E-state index < -0.39 is 0 Å². The van der Waals surface area contributed by atoms with E-state index in [0.717, 1.165) is 50.9 Å². The molecule has 5 nitrogen and oxygen atoms in total. The van der Waals surface area contributed by atoms with E-state index in [2.05, 4.69) is 22.0 Å².